The van der Waals surface area contributed by atoms with Gasteiger partial charge in [-0.15, -0.1) is 0 Å². The maximum Gasteiger partial charge on any atom is 0.258 e. The summed E-state index contributed by atoms with van der Waals surface area (Å²) in [5.74, 6) is 1.62. The van der Waals surface area contributed by atoms with Crippen LogP contribution in [0.2, 0.25) is 10.0 Å². The smallest absolute Gasteiger partial charge is 0.258 e. The van der Waals surface area contributed by atoms with Crippen LogP contribution in [0.1, 0.15) is 25.1 Å². The van der Waals surface area contributed by atoms with Gasteiger partial charge < -0.3 is 15.0 Å². The van der Waals surface area contributed by atoms with E-state index < -0.39 is 0 Å². The Labute approximate surface area is 162 Å². The van der Waals surface area contributed by atoms with Gasteiger partial charge in [0, 0.05) is 24.3 Å². The Bertz CT molecular complexity index is 767. The number of benzene rings is 1. The zero-order chi connectivity index (χ0) is 18.4. The van der Waals surface area contributed by atoms with Crippen LogP contribution in [-0.2, 0) is 11.3 Å². The predicted octanol–water partition coefficient (Wildman–Crippen LogP) is 3.47. The van der Waals surface area contributed by atoms with Gasteiger partial charge in [0.05, 0.1) is 11.6 Å². The van der Waals surface area contributed by atoms with Crippen LogP contribution in [-0.4, -0.2) is 35.6 Å². The molecule has 0 bridgehead atoms. The van der Waals surface area contributed by atoms with E-state index in [0.717, 1.165) is 18.9 Å². The molecular weight excluding hydrogens is 375 g/mol. The molecule has 0 radical (unpaired) electrons. The Hall–Kier alpha value is -2.05. The molecule has 0 saturated carbocycles. The van der Waals surface area contributed by atoms with E-state index in [-0.39, 0.29) is 19.1 Å². The molecule has 2 heterocycles. The number of nitrogens with one attached hydrogen (secondary N) is 1. The normalized spacial score (nSPS) is 14.2. The fourth-order valence-electron chi connectivity index (χ4n) is 2.74. The third-order valence-corrected chi connectivity index (χ3v) is 4.60. The molecule has 3 rings (SSSR count). The van der Waals surface area contributed by atoms with E-state index in [4.69, 9.17) is 27.9 Å². The van der Waals surface area contributed by atoms with Gasteiger partial charge in [-0.25, -0.2) is 9.97 Å². The lowest BCUT2D eigenvalue weighted by molar-refractivity contribution is -0.123. The number of rotatable bonds is 6. The number of hydrogen-bond donors (Lipinski definition) is 1. The first-order valence-corrected chi connectivity index (χ1v) is 9.29. The fraction of sp³-hybridized carbons (Fsp3) is 0.389. The topological polar surface area (TPSA) is 67.3 Å². The quantitative estimate of drug-likeness (QED) is 0.812. The van der Waals surface area contributed by atoms with Crippen LogP contribution in [0.15, 0.2) is 30.5 Å². The molecule has 1 aromatic heterocycles. The summed E-state index contributed by atoms with van der Waals surface area (Å²) >= 11 is 11.8. The Morgan fingerprint density at radius 1 is 1.19 bits per heavy atom. The number of nitrogens with zero attached hydrogens (tertiary/aromatic N) is 3. The zero-order valence-electron chi connectivity index (χ0n) is 14.3. The first-order chi connectivity index (χ1) is 12.6. The zero-order valence-corrected chi connectivity index (χ0v) is 15.8. The van der Waals surface area contributed by atoms with E-state index >= 15 is 0 Å². The molecule has 0 aliphatic carbocycles. The van der Waals surface area contributed by atoms with Crippen molar-refractivity contribution < 1.29 is 9.53 Å². The Morgan fingerprint density at radius 3 is 2.77 bits per heavy atom. The second-order valence-electron chi connectivity index (χ2n) is 6.02. The minimum Gasteiger partial charge on any atom is -0.482 e. The van der Waals surface area contributed by atoms with Crippen molar-refractivity contribution in [2.75, 3.05) is 24.6 Å². The first kappa shape index (κ1) is 18.7. The van der Waals surface area contributed by atoms with Crippen molar-refractivity contribution in [3.63, 3.8) is 0 Å². The largest absolute Gasteiger partial charge is 0.482 e. The monoisotopic (exact) mass is 394 g/mol. The van der Waals surface area contributed by atoms with Crippen LogP contribution < -0.4 is 15.0 Å². The molecule has 1 N–H and O–H groups in total. The van der Waals surface area contributed by atoms with Gasteiger partial charge in [0.25, 0.3) is 5.91 Å². The van der Waals surface area contributed by atoms with Crippen molar-refractivity contribution in [2.45, 2.75) is 25.8 Å². The summed E-state index contributed by atoms with van der Waals surface area (Å²) in [7, 11) is 0. The number of aromatic nitrogens is 2. The van der Waals surface area contributed by atoms with Crippen molar-refractivity contribution in [3.8, 4) is 5.75 Å². The average molecular weight is 395 g/mol. The summed E-state index contributed by atoms with van der Waals surface area (Å²) in [6.07, 6.45) is 5.35. The summed E-state index contributed by atoms with van der Waals surface area (Å²) in [5.41, 5.74) is 0. The number of anilines is 1. The molecule has 6 nitrogen and oxygen atoms in total. The molecule has 26 heavy (non-hydrogen) atoms. The number of halogens is 2. The summed E-state index contributed by atoms with van der Waals surface area (Å²) < 4.78 is 5.41. The average Bonchev–Trinajstić information content (AvgIpc) is 2.66. The Morgan fingerprint density at radius 2 is 2.00 bits per heavy atom. The standard InChI is InChI=1S/C18H20Cl2N4O2/c19-13-4-5-15(14(20)10-13)26-12-18(25)22-11-16-21-7-6-17(23-16)24-8-2-1-3-9-24/h4-7,10H,1-3,8-9,11-12H2,(H,22,25). The molecule has 1 amide bonds. The van der Waals surface area contributed by atoms with Gasteiger partial charge in [0.15, 0.2) is 6.61 Å². The molecule has 0 atom stereocenters. The van der Waals surface area contributed by atoms with Gasteiger partial charge in [-0.2, -0.15) is 0 Å². The van der Waals surface area contributed by atoms with E-state index in [9.17, 15) is 4.79 Å². The summed E-state index contributed by atoms with van der Waals surface area (Å²) in [4.78, 5) is 23.0. The molecule has 1 aromatic carbocycles. The molecule has 138 valence electrons. The van der Waals surface area contributed by atoms with E-state index in [1.54, 1.807) is 24.4 Å². The number of piperidine rings is 1. The van der Waals surface area contributed by atoms with E-state index in [1.807, 2.05) is 6.07 Å². The molecule has 1 aliphatic rings. The fourth-order valence-corrected chi connectivity index (χ4v) is 3.20. The molecule has 0 spiro atoms. The Kier molecular flexibility index (Phi) is 6.52. The van der Waals surface area contributed by atoms with Gasteiger partial charge in [-0.3, -0.25) is 4.79 Å². The highest BCUT2D eigenvalue weighted by molar-refractivity contribution is 6.35. The molecule has 1 fully saturated rings. The maximum absolute atomic E-state index is 12.0. The van der Waals surface area contributed by atoms with E-state index in [0.29, 0.717) is 21.6 Å². The molecule has 1 saturated heterocycles. The molecule has 1 aliphatic heterocycles. The van der Waals surface area contributed by atoms with Gasteiger partial charge in [0.1, 0.15) is 17.4 Å². The van der Waals surface area contributed by atoms with Gasteiger partial charge in [0.2, 0.25) is 0 Å². The first-order valence-electron chi connectivity index (χ1n) is 8.53. The number of carbonyl (C=O) groups excluding carboxylic acids is 1. The summed E-state index contributed by atoms with van der Waals surface area (Å²) in [6.45, 7) is 2.13. The van der Waals surface area contributed by atoms with Gasteiger partial charge in [-0.1, -0.05) is 23.2 Å². The number of carbonyl (C=O) groups is 1. The number of hydrogen-bond acceptors (Lipinski definition) is 5. The van der Waals surface area contributed by atoms with Crippen LogP contribution in [0.4, 0.5) is 5.82 Å². The van der Waals surface area contributed by atoms with Crippen LogP contribution in [0.5, 0.6) is 5.75 Å². The van der Waals surface area contributed by atoms with E-state index in [1.165, 1.54) is 19.3 Å². The number of amides is 1. The SMILES string of the molecule is O=C(COc1ccc(Cl)cc1Cl)NCc1nccc(N2CCCCC2)n1. The molecular formula is C18H20Cl2N4O2. The lowest BCUT2D eigenvalue weighted by Crippen LogP contribution is -2.31. The van der Waals surface area contributed by atoms with Crippen molar-refractivity contribution in [3.05, 3.63) is 46.3 Å². The van der Waals surface area contributed by atoms with Crippen LogP contribution >= 0.6 is 23.2 Å². The molecule has 0 unspecified atom stereocenters. The van der Waals surface area contributed by atoms with Gasteiger partial charge in [-0.05, 0) is 43.5 Å². The van der Waals surface area contributed by atoms with Crippen LogP contribution in [0, 0.1) is 0 Å². The minimum absolute atomic E-state index is 0.146. The van der Waals surface area contributed by atoms with Crippen molar-refractivity contribution >= 4 is 34.9 Å². The Balaban J connectivity index is 1.49. The van der Waals surface area contributed by atoms with Gasteiger partial charge >= 0.3 is 0 Å². The van der Waals surface area contributed by atoms with Crippen LogP contribution in [0.3, 0.4) is 0 Å². The second kappa shape index (κ2) is 9.05. The maximum atomic E-state index is 12.0. The second-order valence-corrected chi connectivity index (χ2v) is 6.86. The predicted molar refractivity (Wildman–Crippen MR) is 102 cm³/mol. The van der Waals surface area contributed by atoms with Crippen LogP contribution in [0.25, 0.3) is 0 Å². The summed E-state index contributed by atoms with van der Waals surface area (Å²) in [5, 5.41) is 3.63. The third kappa shape index (κ3) is 5.22. The molecule has 2 aromatic rings. The third-order valence-electron chi connectivity index (χ3n) is 4.07. The summed E-state index contributed by atoms with van der Waals surface area (Å²) in [6, 6.07) is 6.75. The van der Waals surface area contributed by atoms with Crippen molar-refractivity contribution in [2.24, 2.45) is 0 Å². The molecule has 8 heteroatoms. The lowest BCUT2D eigenvalue weighted by Gasteiger charge is -2.27. The highest BCUT2D eigenvalue weighted by Gasteiger charge is 2.13. The van der Waals surface area contributed by atoms with E-state index in [2.05, 4.69) is 20.2 Å². The van der Waals surface area contributed by atoms with Crippen molar-refractivity contribution in [1.29, 1.82) is 0 Å². The number of ether oxygens (including phenoxy) is 1. The lowest BCUT2D eigenvalue weighted by atomic mass is 10.1. The van der Waals surface area contributed by atoms with Crippen molar-refractivity contribution in [1.82, 2.24) is 15.3 Å². The highest BCUT2D eigenvalue weighted by Crippen LogP contribution is 2.27. The highest BCUT2D eigenvalue weighted by atomic mass is 35.5. The minimum atomic E-state index is -0.275.